The lowest BCUT2D eigenvalue weighted by Crippen LogP contribution is -2.21. The fourth-order valence-electron chi connectivity index (χ4n) is 3.73. The molecule has 0 aliphatic carbocycles. The number of nitrogens with zero attached hydrogens (tertiary/aromatic N) is 2. The lowest BCUT2D eigenvalue weighted by molar-refractivity contribution is -0.114. The molecule has 1 heterocycles. The number of carbonyl (C=O) groups is 1. The van der Waals surface area contributed by atoms with E-state index in [1.165, 1.54) is 10.4 Å². The first-order chi connectivity index (χ1) is 14.8. The van der Waals surface area contributed by atoms with Gasteiger partial charge in [0, 0.05) is 6.42 Å². The lowest BCUT2D eigenvalue weighted by Gasteiger charge is -2.11. The van der Waals surface area contributed by atoms with Crippen molar-refractivity contribution in [3.05, 3.63) is 120 Å². The molecule has 4 aromatic carbocycles. The standard InChI is InChI=1S/C27H20N2O/c30-27-25(18-21-15-16-22-11-7-8-12-23(22)17-21)26(19-20-9-3-1-4-10-20)28-29(27)24-13-5-2-6-14-24/h1-18H,19H2/b25-18-. The zero-order valence-corrected chi connectivity index (χ0v) is 16.4. The predicted molar refractivity (Wildman–Crippen MR) is 123 cm³/mol. The molecule has 4 aromatic rings. The van der Waals surface area contributed by atoms with Crippen molar-refractivity contribution in [2.45, 2.75) is 6.42 Å². The molecule has 0 spiro atoms. The maximum Gasteiger partial charge on any atom is 0.280 e. The molecule has 0 unspecified atom stereocenters. The van der Waals surface area contributed by atoms with Gasteiger partial charge >= 0.3 is 0 Å². The number of carbonyl (C=O) groups excluding carboxylic acids is 1. The van der Waals surface area contributed by atoms with Crippen molar-refractivity contribution in [1.29, 1.82) is 0 Å². The van der Waals surface area contributed by atoms with Crippen molar-refractivity contribution < 1.29 is 4.79 Å². The van der Waals surface area contributed by atoms with E-state index in [-0.39, 0.29) is 5.91 Å². The summed E-state index contributed by atoms with van der Waals surface area (Å²) in [5.74, 6) is -0.0970. The van der Waals surface area contributed by atoms with Gasteiger partial charge < -0.3 is 0 Å². The summed E-state index contributed by atoms with van der Waals surface area (Å²) in [5, 5.41) is 8.55. The third-order valence-electron chi connectivity index (χ3n) is 5.25. The molecule has 3 heteroatoms. The highest BCUT2D eigenvalue weighted by Crippen LogP contribution is 2.27. The van der Waals surface area contributed by atoms with Crippen LogP contribution in [0.3, 0.4) is 0 Å². The molecule has 0 fully saturated rings. The van der Waals surface area contributed by atoms with E-state index in [1.54, 1.807) is 0 Å². The molecule has 0 radical (unpaired) electrons. The summed E-state index contributed by atoms with van der Waals surface area (Å²) in [6.07, 6.45) is 2.56. The molecule has 0 atom stereocenters. The minimum atomic E-state index is -0.0970. The van der Waals surface area contributed by atoms with Gasteiger partial charge in [-0.25, -0.2) is 0 Å². The minimum absolute atomic E-state index is 0.0970. The molecule has 0 saturated heterocycles. The average molecular weight is 388 g/mol. The highest BCUT2D eigenvalue weighted by atomic mass is 16.2. The number of para-hydroxylation sites is 1. The Morgan fingerprint density at radius 3 is 2.17 bits per heavy atom. The molecular formula is C27H20N2O. The van der Waals surface area contributed by atoms with Crippen molar-refractivity contribution in [3.63, 3.8) is 0 Å². The number of anilines is 1. The van der Waals surface area contributed by atoms with Crippen molar-refractivity contribution in [3.8, 4) is 0 Å². The van der Waals surface area contributed by atoms with Gasteiger partial charge in [0.25, 0.3) is 5.91 Å². The smallest absolute Gasteiger partial charge is 0.267 e. The van der Waals surface area contributed by atoms with Crippen molar-refractivity contribution in [2.75, 3.05) is 5.01 Å². The van der Waals surface area contributed by atoms with E-state index < -0.39 is 0 Å². The molecule has 3 nitrogen and oxygen atoms in total. The van der Waals surface area contributed by atoms with Gasteiger partial charge in [0.2, 0.25) is 0 Å². The zero-order valence-electron chi connectivity index (χ0n) is 16.4. The molecule has 1 aliphatic rings. The number of amides is 1. The van der Waals surface area contributed by atoms with E-state index in [1.807, 2.05) is 72.8 Å². The van der Waals surface area contributed by atoms with Crippen LogP contribution in [0.4, 0.5) is 5.69 Å². The number of benzene rings is 4. The maximum absolute atomic E-state index is 13.3. The highest BCUT2D eigenvalue weighted by molar-refractivity contribution is 6.33. The molecule has 0 N–H and O–H groups in total. The number of fused-ring (bicyclic) bond motifs is 1. The Morgan fingerprint density at radius 1 is 0.733 bits per heavy atom. The van der Waals surface area contributed by atoms with Crippen LogP contribution in [0.1, 0.15) is 11.1 Å². The van der Waals surface area contributed by atoms with Gasteiger partial charge in [-0.2, -0.15) is 10.1 Å². The number of hydrogen-bond acceptors (Lipinski definition) is 2. The monoisotopic (exact) mass is 388 g/mol. The summed E-state index contributed by atoms with van der Waals surface area (Å²) in [5.41, 5.74) is 4.31. The third kappa shape index (κ3) is 3.53. The van der Waals surface area contributed by atoms with Gasteiger partial charge in [-0.05, 0) is 46.2 Å². The van der Waals surface area contributed by atoms with Crippen LogP contribution < -0.4 is 5.01 Å². The van der Waals surface area contributed by atoms with E-state index >= 15 is 0 Å². The third-order valence-corrected chi connectivity index (χ3v) is 5.25. The Labute approximate surface area is 175 Å². The lowest BCUT2D eigenvalue weighted by atomic mass is 9.99. The summed E-state index contributed by atoms with van der Waals surface area (Å²) in [6.45, 7) is 0. The van der Waals surface area contributed by atoms with E-state index in [4.69, 9.17) is 5.10 Å². The first kappa shape index (κ1) is 18.1. The van der Waals surface area contributed by atoms with Crippen LogP contribution >= 0.6 is 0 Å². The molecule has 0 bridgehead atoms. The van der Waals surface area contributed by atoms with E-state index in [0.717, 1.165) is 27.9 Å². The molecule has 5 rings (SSSR count). The van der Waals surface area contributed by atoms with Crippen LogP contribution in [0.2, 0.25) is 0 Å². The first-order valence-electron chi connectivity index (χ1n) is 10.00. The van der Waals surface area contributed by atoms with Gasteiger partial charge in [-0.3, -0.25) is 4.79 Å². The summed E-state index contributed by atoms with van der Waals surface area (Å²) in [4.78, 5) is 13.3. The fraction of sp³-hybridized carbons (Fsp3) is 0.0370. The quantitative estimate of drug-likeness (QED) is 0.403. The normalized spacial score (nSPS) is 15.1. The Kier molecular flexibility index (Phi) is 4.70. The average Bonchev–Trinajstić information content (AvgIpc) is 3.10. The predicted octanol–water partition coefficient (Wildman–Crippen LogP) is 5.87. The Bertz CT molecular complexity index is 1270. The summed E-state index contributed by atoms with van der Waals surface area (Å²) in [7, 11) is 0. The minimum Gasteiger partial charge on any atom is -0.267 e. The van der Waals surface area contributed by atoms with E-state index in [2.05, 4.69) is 36.4 Å². The Balaban J connectivity index is 1.57. The maximum atomic E-state index is 13.3. The van der Waals surface area contributed by atoms with Crippen molar-refractivity contribution >= 4 is 34.2 Å². The largest absolute Gasteiger partial charge is 0.280 e. The molecule has 1 aliphatic heterocycles. The van der Waals surface area contributed by atoms with Crippen LogP contribution in [0.15, 0.2) is 114 Å². The number of hydrazone groups is 1. The van der Waals surface area contributed by atoms with Crippen molar-refractivity contribution in [1.82, 2.24) is 0 Å². The van der Waals surface area contributed by atoms with Crippen LogP contribution in [0.25, 0.3) is 16.8 Å². The van der Waals surface area contributed by atoms with Gasteiger partial charge in [0.1, 0.15) is 0 Å². The van der Waals surface area contributed by atoms with Crippen molar-refractivity contribution in [2.24, 2.45) is 5.10 Å². The molecular weight excluding hydrogens is 368 g/mol. The van der Waals surface area contributed by atoms with Crippen LogP contribution in [-0.4, -0.2) is 11.6 Å². The van der Waals surface area contributed by atoms with Gasteiger partial charge in [-0.15, -0.1) is 0 Å². The molecule has 144 valence electrons. The van der Waals surface area contributed by atoms with Crippen LogP contribution in [-0.2, 0) is 11.2 Å². The fourth-order valence-corrected chi connectivity index (χ4v) is 3.73. The second kappa shape index (κ2) is 7.80. The zero-order chi connectivity index (χ0) is 20.3. The van der Waals surface area contributed by atoms with Gasteiger partial charge in [0.05, 0.1) is 17.0 Å². The van der Waals surface area contributed by atoms with Crippen LogP contribution in [0.5, 0.6) is 0 Å². The molecule has 1 amide bonds. The molecule has 0 aromatic heterocycles. The summed E-state index contributed by atoms with van der Waals surface area (Å²) in [6, 6.07) is 34.2. The van der Waals surface area contributed by atoms with E-state index in [9.17, 15) is 4.79 Å². The Hall–Kier alpha value is -3.98. The Morgan fingerprint density at radius 2 is 1.40 bits per heavy atom. The number of rotatable bonds is 4. The van der Waals surface area contributed by atoms with Gasteiger partial charge in [0.15, 0.2) is 0 Å². The topological polar surface area (TPSA) is 32.7 Å². The SMILES string of the molecule is O=C1/C(=C\c2ccc3ccccc3c2)C(Cc2ccccc2)=NN1c1ccccc1. The molecule has 0 saturated carbocycles. The second-order valence-electron chi connectivity index (χ2n) is 7.33. The highest BCUT2D eigenvalue weighted by Gasteiger charge is 2.31. The number of hydrogen-bond donors (Lipinski definition) is 0. The molecule has 30 heavy (non-hydrogen) atoms. The second-order valence-corrected chi connectivity index (χ2v) is 7.33. The van der Waals surface area contributed by atoms with E-state index in [0.29, 0.717) is 12.0 Å². The first-order valence-corrected chi connectivity index (χ1v) is 10.00. The summed E-state index contributed by atoms with van der Waals surface area (Å²) < 4.78 is 0. The van der Waals surface area contributed by atoms with Gasteiger partial charge in [-0.1, -0.05) is 84.9 Å². The van der Waals surface area contributed by atoms with Crippen LogP contribution in [0, 0.1) is 0 Å². The summed E-state index contributed by atoms with van der Waals surface area (Å²) >= 11 is 0.